The van der Waals surface area contributed by atoms with E-state index in [1.54, 1.807) is 0 Å². The molecule has 1 nitrogen and oxygen atoms in total. The maximum absolute atomic E-state index is 5.73. The van der Waals surface area contributed by atoms with Crippen molar-refractivity contribution in [3.63, 3.8) is 0 Å². The minimum Gasteiger partial charge on any atom is -0.494 e. The summed E-state index contributed by atoms with van der Waals surface area (Å²) in [7, 11) is 0. The summed E-state index contributed by atoms with van der Waals surface area (Å²) in [4.78, 5) is 0. The Hall–Kier alpha value is -2.46. The number of benzene rings is 2. The molecule has 0 spiro atoms. The molecule has 0 bridgehead atoms. The van der Waals surface area contributed by atoms with Gasteiger partial charge in [-0.15, -0.1) is 0 Å². The van der Waals surface area contributed by atoms with E-state index in [1.807, 2.05) is 0 Å². The fourth-order valence-corrected chi connectivity index (χ4v) is 6.32. The topological polar surface area (TPSA) is 9.23 Å². The fourth-order valence-electron chi connectivity index (χ4n) is 6.32. The van der Waals surface area contributed by atoms with Gasteiger partial charge in [0.15, 0.2) is 0 Å². The second-order valence-electron chi connectivity index (χ2n) is 11.5. The molecule has 2 aliphatic rings. The number of rotatable bonds is 10. The predicted octanol–water partition coefficient (Wildman–Crippen LogP) is 10.2. The maximum Gasteiger partial charge on any atom is 0.119 e. The van der Waals surface area contributed by atoms with E-state index in [9.17, 15) is 0 Å². The Morgan fingerprint density at radius 2 is 1.35 bits per heavy atom. The molecule has 0 N–H and O–H groups in total. The van der Waals surface area contributed by atoms with Crippen LogP contribution in [0, 0.1) is 23.7 Å². The van der Waals surface area contributed by atoms with Crippen LogP contribution in [0.3, 0.4) is 0 Å². The van der Waals surface area contributed by atoms with Gasteiger partial charge in [0.05, 0.1) is 6.61 Å². The van der Waals surface area contributed by atoms with Crippen LogP contribution in [0.25, 0.3) is 0 Å². The first-order valence-electron chi connectivity index (χ1n) is 15.3. The van der Waals surface area contributed by atoms with Crippen molar-refractivity contribution in [2.45, 2.75) is 109 Å². The third kappa shape index (κ3) is 8.81. The van der Waals surface area contributed by atoms with Crippen molar-refractivity contribution in [1.82, 2.24) is 0 Å². The fraction of sp³-hybridized carbons (Fsp3) is 0.556. The van der Waals surface area contributed by atoms with Crippen LogP contribution in [0.5, 0.6) is 5.75 Å². The van der Waals surface area contributed by atoms with E-state index in [2.05, 4.69) is 86.4 Å². The van der Waals surface area contributed by atoms with Crippen molar-refractivity contribution < 1.29 is 4.74 Å². The van der Waals surface area contributed by atoms with Crippen molar-refractivity contribution in [2.24, 2.45) is 11.8 Å². The van der Waals surface area contributed by atoms with Crippen molar-refractivity contribution in [1.29, 1.82) is 0 Å². The molecule has 2 aliphatic carbocycles. The lowest BCUT2D eigenvalue weighted by Crippen LogP contribution is -2.13. The highest BCUT2D eigenvalue weighted by Gasteiger charge is 2.22. The molecule has 2 fully saturated rings. The largest absolute Gasteiger partial charge is 0.494 e. The SMILES string of the molecule is CCCCCC1CCC(c2ccc(C#CC=CC3CCC(c4ccc(OCCC)cc4)CC3)cc2)CC1. The number of hydrogen-bond acceptors (Lipinski definition) is 1. The van der Waals surface area contributed by atoms with Crippen molar-refractivity contribution in [3.8, 4) is 17.6 Å². The lowest BCUT2D eigenvalue weighted by molar-refractivity contribution is 0.303. The van der Waals surface area contributed by atoms with Crippen LogP contribution in [0.15, 0.2) is 60.7 Å². The molecule has 0 radical (unpaired) electrons. The molecule has 2 aromatic rings. The van der Waals surface area contributed by atoms with Crippen LogP contribution in [-0.2, 0) is 0 Å². The van der Waals surface area contributed by atoms with Crippen LogP contribution in [0.4, 0.5) is 0 Å². The second-order valence-corrected chi connectivity index (χ2v) is 11.5. The average Bonchev–Trinajstić information content (AvgIpc) is 2.96. The van der Waals surface area contributed by atoms with Gasteiger partial charge in [0.25, 0.3) is 0 Å². The molecule has 37 heavy (non-hydrogen) atoms. The average molecular weight is 497 g/mol. The molecule has 198 valence electrons. The molecule has 0 amide bonds. The van der Waals surface area contributed by atoms with E-state index in [1.165, 1.54) is 88.2 Å². The Labute approximate surface area is 227 Å². The minimum atomic E-state index is 0.664. The van der Waals surface area contributed by atoms with Gasteiger partial charge in [-0.3, -0.25) is 0 Å². The second kappa shape index (κ2) is 15.1. The lowest BCUT2D eigenvalue weighted by Gasteiger charge is -2.29. The third-order valence-corrected chi connectivity index (χ3v) is 8.71. The molecule has 0 unspecified atom stereocenters. The summed E-state index contributed by atoms with van der Waals surface area (Å²) in [6.07, 6.45) is 21.7. The Morgan fingerprint density at radius 3 is 1.97 bits per heavy atom. The molecule has 0 saturated heterocycles. The molecule has 1 heteroatoms. The molecule has 0 aromatic heterocycles. The van der Waals surface area contributed by atoms with Gasteiger partial charge in [-0.2, -0.15) is 0 Å². The molecular weight excluding hydrogens is 448 g/mol. The lowest BCUT2D eigenvalue weighted by atomic mass is 9.77. The Balaban J connectivity index is 1.18. The Morgan fingerprint density at radius 1 is 0.730 bits per heavy atom. The molecule has 0 heterocycles. The normalized spacial score (nSPS) is 23.9. The van der Waals surface area contributed by atoms with Gasteiger partial charge in [-0.05, 0) is 123 Å². The molecule has 2 aromatic carbocycles. The zero-order valence-corrected chi connectivity index (χ0v) is 23.4. The quantitative estimate of drug-likeness (QED) is 0.235. The highest BCUT2D eigenvalue weighted by Crippen LogP contribution is 2.38. The standard InChI is InChI=1S/C36H48O/c1-3-5-6-9-29-12-18-32(19-13-29)33-20-14-30(15-21-33)10-7-8-11-31-16-22-34(23-17-31)35-24-26-36(27-25-35)37-28-4-2/h8,11,14-15,20-21,24-27,29,31-32,34H,3-6,9,12-13,16-19,22-23,28H2,1-2H3. The van der Waals surface area contributed by atoms with Crippen LogP contribution >= 0.6 is 0 Å². The van der Waals surface area contributed by atoms with E-state index in [0.29, 0.717) is 11.8 Å². The van der Waals surface area contributed by atoms with Gasteiger partial charge in [0.2, 0.25) is 0 Å². The highest BCUT2D eigenvalue weighted by atomic mass is 16.5. The summed E-state index contributed by atoms with van der Waals surface area (Å²) >= 11 is 0. The zero-order valence-electron chi connectivity index (χ0n) is 23.4. The zero-order chi connectivity index (χ0) is 25.7. The predicted molar refractivity (Wildman–Crippen MR) is 158 cm³/mol. The minimum absolute atomic E-state index is 0.664. The maximum atomic E-state index is 5.73. The summed E-state index contributed by atoms with van der Waals surface area (Å²) in [5.74, 6) is 10.7. The number of unbranched alkanes of at least 4 members (excludes halogenated alkanes) is 2. The van der Waals surface area contributed by atoms with E-state index < -0.39 is 0 Å². The van der Waals surface area contributed by atoms with Crippen molar-refractivity contribution in [2.75, 3.05) is 6.61 Å². The monoisotopic (exact) mass is 496 g/mol. The van der Waals surface area contributed by atoms with Crippen LogP contribution in [0.2, 0.25) is 0 Å². The summed E-state index contributed by atoms with van der Waals surface area (Å²) < 4.78 is 5.73. The van der Waals surface area contributed by atoms with Gasteiger partial charge >= 0.3 is 0 Å². The van der Waals surface area contributed by atoms with Gasteiger partial charge in [0, 0.05) is 5.56 Å². The summed E-state index contributed by atoms with van der Waals surface area (Å²) in [5.41, 5.74) is 4.12. The van der Waals surface area contributed by atoms with Gasteiger partial charge in [-0.1, -0.05) is 81.7 Å². The van der Waals surface area contributed by atoms with E-state index in [-0.39, 0.29) is 0 Å². The van der Waals surface area contributed by atoms with E-state index >= 15 is 0 Å². The number of allylic oxidation sites excluding steroid dienone is 2. The highest BCUT2D eigenvalue weighted by molar-refractivity contribution is 5.39. The first-order valence-corrected chi connectivity index (χ1v) is 15.3. The van der Waals surface area contributed by atoms with Crippen LogP contribution in [0.1, 0.15) is 126 Å². The first-order chi connectivity index (χ1) is 18.2. The van der Waals surface area contributed by atoms with Crippen molar-refractivity contribution >= 4 is 0 Å². The van der Waals surface area contributed by atoms with Crippen LogP contribution in [-0.4, -0.2) is 6.61 Å². The molecule has 0 aliphatic heterocycles. The molecular formula is C36H48O. The van der Waals surface area contributed by atoms with Gasteiger partial charge in [0.1, 0.15) is 5.75 Å². The Kier molecular flexibility index (Phi) is 11.2. The Bertz CT molecular complexity index is 987. The van der Waals surface area contributed by atoms with Gasteiger partial charge in [-0.25, -0.2) is 0 Å². The van der Waals surface area contributed by atoms with E-state index in [0.717, 1.165) is 36.2 Å². The smallest absolute Gasteiger partial charge is 0.119 e. The summed E-state index contributed by atoms with van der Waals surface area (Å²) in [6.45, 7) is 5.24. The van der Waals surface area contributed by atoms with Crippen LogP contribution < -0.4 is 4.74 Å². The summed E-state index contributed by atoms with van der Waals surface area (Å²) in [6, 6.07) is 17.9. The van der Waals surface area contributed by atoms with E-state index in [4.69, 9.17) is 4.74 Å². The number of hydrogen-bond donors (Lipinski definition) is 0. The first kappa shape index (κ1) is 27.6. The molecule has 2 saturated carbocycles. The third-order valence-electron chi connectivity index (χ3n) is 8.71. The number of ether oxygens (including phenoxy) is 1. The van der Waals surface area contributed by atoms with Crippen molar-refractivity contribution in [3.05, 3.63) is 77.4 Å². The molecule has 4 rings (SSSR count). The summed E-state index contributed by atoms with van der Waals surface area (Å²) in [5, 5.41) is 0. The van der Waals surface area contributed by atoms with Gasteiger partial charge < -0.3 is 4.74 Å². The molecule has 0 atom stereocenters.